The first-order valence-electron chi connectivity index (χ1n) is 9.09. The van der Waals surface area contributed by atoms with Crippen molar-refractivity contribution in [3.05, 3.63) is 34.4 Å². The first-order valence-corrected chi connectivity index (χ1v) is 11.7. The van der Waals surface area contributed by atoms with Crippen LogP contribution >= 0.6 is 34.4 Å². The van der Waals surface area contributed by atoms with Crippen molar-refractivity contribution in [1.82, 2.24) is 20.4 Å². The molecule has 2 aromatic heterocycles. The van der Waals surface area contributed by atoms with Crippen LogP contribution in [0.1, 0.15) is 26.2 Å². The van der Waals surface area contributed by atoms with Gasteiger partial charge in [0.25, 0.3) is 5.69 Å². The Bertz CT molecular complexity index is 1090. The third-order valence-electron chi connectivity index (χ3n) is 3.71. The molecule has 3 aromatic rings. The quantitative estimate of drug-likeness (QED) is 0.191. The molecule has 14 heteroatoms. The fourth-order valence-electron chi connectivity index (χ4n) is 2.26. The van der Waals surface area contributed by atoms with Crippen molar-refractivity contribution in [2.75, 3.05) is 16.4 Å². The number of rotatable bonds is 10. The van der Waals surface area contributed by atoms with E-state index < -0.39 is 4.92 Å². The molecule has 31 heavy (non-hydrogen) atoms. The molecule has 2 amide bonds. The molecule has 0 bridgehead atoms. The topological polar surface area (TPSA) is 153 Å². The summed E-state index contributed by atoms with van der Waals surface area (Å²) in [6.45, 7) is 2.01. The Labute approximate surface area is 188 Å². The predicted molar refractivity (Wildman–Crippen MR) is 119 cm³/mol. The second kappa shape index (κ2) is 10.9. The van der Waals surface area contributed by atoms with E-state index in [1.54, 1.807) is 12.1 Å². The number of anilines is 2. The van der Waals surface area contributed by atoms with E-state index in [9.17, 15) is 19.7 Å². The number of hydrogen-bond acceptors (Lipinski definition) is 11. The van der Waals surface area contributed by atoms with Gasteiger partial charge in [-0.3, -0.25) is 25.0 Å². The van der Waals surface area contributed by atoms with Crippen LogP contribution in [0.5, 0.6) is 0 Å². The fourth-order valence-corrected chi connectivity index (χ4v) is 4.59. The third kappa shape index (κ3) is 6.77. The molecule has 11 nitrogen and oxygen atoms in total. The van der Waals surface area contributed by atoms with E-state index in [1.807, 2.05) is 6.92 Å². The van der Waals surface area contributed by atoms with Gasteiger partial charge in [0.15, 0.2) is 4.34 Å². The molecule has 0 spiro atoms. The van der Waals surface area contributed by atoms with Crippen molar-refractivity contribution in [2.45, 2.75) is 30.5 Å². The number of nitrogens with zero attached hydrogens (tertiary/aromatic N) is 5. The van der Waals surface area contributed by atoms with Crippen LogP contribution in [0.25, 0.3) is 10.6 Å². The standard InChI is InChI=1S/C17H17N7O4S3/c1-2-3-7-12(25)18-16-22-23-17(31-16)29-9-13(26)19-15-21-20-14(30-15)10-5-4-6-11(8-10)24(27)28/h4-6,8H,2-3,7,9H2,1H3,(H,18,22,25)(H,19,21,26). The Morgan fingerprint density at radius 2 is 1.84 bits per heavy atom. The molecule has 162 valence electrons. The first-order chi connectivity index (χ1) is 14.9. The van der Waals surface area contributed by atoms with Gasteiger partial charge >= 0.3 is 0 Å². The first kappa shape index (κ1) is 22.7. The minimum absolute atomic E-state index is 0.0485. The van der Waals surface area contributed by atoms with Gasteiger partial charge in [0.2, 0.25) is 22.1 Å². The maximum Gasteiger partial charge on any atom is 0.270 e. The van der Waals surface area contributed by atoms with Crippen LogP contribution < -0.4 is 10.6 Å². The van der Waals surface area contributed by atoms with Gasteiger partial charge in [0, 0.05) is 24.1 Å². The van der Waals surface area contributed by atoms with Crippen LogP contribution in [-0.4, -0.2) is 42.9 Å². The number of carbonyl (C=O) groups is 2. The number of benzene rings is 1. The molecule has 2 N–H and O–H groups in total. The van der Waals surface area contributed by atoms with Gasteiger partial charge in [-0.05, 0) is 6.42 Å². The fraction of sp³-hybridized carbons (Fsp3) is 0.294. The van der Waals surface area contributed by atoms with Crippen molar-refractivity contribution in [2.24, 2.45) is 0 Å². The summed E-state index contributed by atoms with van der Waals surface area (Å²) >= 11 is 3.50. The Morgan fingerprint density at radius 1 is 1.10 bits per heavy atom. The second-order valence-electron chi connectivity index (χ2n) is 6.08. The summed E-state index contributed by atoms with van der Waals surface area (Å²) in [4.78, 5) is 34.3. The summed E-state index contributed by atoms with van der Waals surface area (Å²) < 4.78 is 0.551. The van der Waals surface area contributed by atoms with E-state index in [2.05, 4.69) is 31.0 Å². The predicted octanol–water partition coefficient (Wildman–Crippen LogP) is 3.82. The van der Waals surface area contributed by atoms with E-state index in [0.717, 1.165) is 24.2 Å². The number of aromatic nitrogens is 4. The van der Waals surface area contributed by atoms with Gasteiger partial charge in [-0.2, -0.15) is 0 Å². The van der Waals surface area contributed by atoms with Crippen molar-refractivity contribution in [3.63, 3.8) is 0 Å². The van der Waals surface area contributed by atoms with E-state index in [0.29, 0.717) is 26.5 Å². The second-order valence-corrected chi connectivity index (χ2v) is 9.26. The zero-order valence-electron chi connectivity index (χ0n) is 16.2. The van der Waals surface area contributed by atoms with Gasteiger partial charge < -0.3 is 5.32 Å². The van der Waals surface area contributed by atoms with E-state index in [4.69, 9.17) is 0 Å². The highest BCUT2D eigenvalue weighted by atomic mass is 32.2. The molecule has 0 unspecified atom stereocenters. The number of carbonyl (C=O) groups excluding carboxylic acids is 2. The van der Waals surface area contributed by atoms with Gasteiger partial charge in [-0.1, -0.05) is 59.9 Å². The highest BCUT2D eigenvalue weighted by Gasteiger charge is 2.14. The van der Waals surface area contributed by atoms with E-state index >= 15 is 0 Å². The molecule has 0 aliphatic rings. The molecule has 1 aromatic carbocycles. The highest BCUT2D eigenvalue weighted by molar-refractivity contribution is 8.01. The van der Waals surface area contributed by atoms with Gasteiger partial charge in [0.1, 0.15) is 5.01 Å². The Morgan fingerprint density at radius 3 is 2.61 bits per heavy atom. The summed E-state index contributed by atoms with van der Waals surface area (Å²) in [5.74, 6) is -0.344. The number of thioether (sulfide) groups is 1. The molecular weight excluding hydrogens is 462 g/mol. The minimum atomic E-state index is -0.486. The Hall–Kier alpha value is -2.97. The SMILES string of the molecule is CCCCC(=O)Nc1nnc(SCC(=O)Nc2nnc(-c3cccc([N+](=O)[O-])c3)s2)s1. The Balaban J connectivity index is 1.50. The number of nitro benzene ring substituents is 1. The number of nitro groups is 1. The molecule has 2 heterocycles. The lowest BCUT2D eigenvalue weighted by Crippen LogP contribution is -2.13. The van der Waals surface area contributed by atoms with Crippen LogP contribution in [0.15, 0.2) is 28.6 Å². The average molecular weight is 480 g/mol. The summed E-state index contributed by atoms with van der Waals surface area (Å²) in [5.41, 5.74) is 0.497. The van der Waals surface area contributed by atoms with Gasteiger partial charge in [-0.25, -0.2) is 0 Å². The number of nitrogens with one attached hydrogen (secondary N) is 2. The van der Waals surface area contributed by atoms with Crippen LogP contribution in [0.2, 0.25) is 0 Å². The summed E-state index contributed by atoms with van der Waals surface area (Å²) in [6, 6.07) is 6.03. The Kier molecular flexibility index (Phi) is 7.97. The molecular formula is C17H17N7O4S3. The van der Waals surface area contributed by atoms with Crippen molar-refractivity contribution >= 4 is 62.2 Å². The summed E-state index contributed by atoms with van der Waals surface area (Å²) in [5, 5.41) is 33.1. The lowest BCUT2D eigenvalue weighted by atomic mass is 10.2. The molecule has 0 saturated carbocycles. The zero-order valence-corrected chi connectivity index (χ0v) is 18.7. The van der Waals surface area contributed by atoms with Crippen LogP contribution in [0.4, 0.5) is 16.0 Å². The van der Waals surface area contributed by atoms with Crippen LogP contribution in [0, 0.1) is 10.1 Å². The number of amides is 2. The number of unbranched alkanes of at least 4 members (excludes halogenated alkanes) is 1. The average Bonchev–Trinajstić information content (AvgIpc) is 3.40. The van der Waals surface area contributed by atoms with Crippen molar-refractivity contribution in [3.8, 4) is 10.6 Å². The normalized spacial score (nSPS) is 10.6. The maximum absolute atomic E-state index is 12.2. The van der Waals surface area contributed by atoms with Crippen LogP contribution in [-0.2, 0) is 9.59 Å². The van der Waals surface area contributed by atoms with Crippen molar-refractivity contribution in [1.29, 1.82) is 0 Å². The molecule has 3 rings (SSSR count). The molecule has 0 atom stereocenters. The highest BCUT2D eigenvalue weighted by Crippen LogP contribution is 2.29. The summed E-state index contributed by atoms with van der Waals surface area (Å²) in [6.07, 6.45) is 2.17. The van der Waals surface area contributed by atoms with Crippen molar-refractivity contribution < 1.29 is 14.5 Å². The molecule has 0 saturated heterocycles. The molecule has 0 radical (unpaired) electrons. The summed E-state index contributed by atoms with van der Waals surface area (Å²) in [7, 11) is 0. The van der Waals surface area contributed by atoms with Gasteiger partial charge in [0.05, 0.1) is 10.7 Å². The maximum atomic E-state index is 12.2. The molecule has 0 aliphatic carbocycles. The largest absolute Gasteiger partial charge is 0.301 e. The van der Waals surface area contributed by atoms with Gasteiger partial charge in [-0.15, -0.1) is 20.4 Å². The zero-order chi connectivity index (χ0) is 22.2. The lowest BCUT2D eigenvalue weighted by molar-refractivity contribution is -0.384. The number of non-ortho nitro benzene ring substituents is 1. The molecule has 0 aliphatic heterocycles. The molecule has 0 fully saturated rings. The minimum Gasteiger partial charge on any atom is -0.301 e. The van der Waals surface area contributed by atoms with Crippen LogP contribution in [0.3, 0.4) is 0 Å². The van der Waals surface area contributed by atoms with E-state index in [1.165, 1.54) is 35.2 Å². The lowest BCUT2D eigenvalue weighted by Gasteiger charge is -1.99. The monoisotopic (exact) mass is 479 g/mol. The number of hydrogen-bond donors (Lipinski definition) is 2. The third-order valence-corrected chi connectivity index (χ3v) is 6.57. The smallest absolute Gasteiger partial charge is 0.270 e. The van der Waals surface area contributed by atoms with E-state index in [-0.39, 0.29) is 28.4 Å².